The third-order valence-corrected chi connectivity index (χ3v) is 4.11. The zero-order valence-corrected chi connectivity index (χ0v) is 16.9. The molecule has 7 nitrogen and oxygen atoms in total. The van der Waals surface area contributed by atoms with Gasteiger partial charge in [0.25, 0.3) is 5.91 Å². The first kappa shape index (κ1) is 22.2. The van der Waals surface area contributed by atoms with E-state index in [2.05, 4.69) is 15.0 Å². The van der Waals surface area contributed by atoms with Gasteiger partial charge in [0.2, 0.25) is 0 Å². The Bertz CT molecular complexity index is 893. The van der Waals surface area contributed by atoms with Crippen LogP contribution in [0.2, 0.25) is 0 Å². The summed E-state index contributed by atoms with van der Waals surface area (Å²) in [6.45, 7) is 3.99. The minimum absolute atomic E-state index is 0.0956. The molecule has 1 aromatic carbocycles. The second-order valence-electron chi connectivity index (χ2n) is 6.63. The van der Waals surface area contributed by atoms with Gasteiger partial charge in [-0.2, -0.15) is 8.78 Å². The number of aromatic nitrogens is 1. The number of methoxy groups -OCH3 is 1. The van der Waals surface area contributed by atoms with Crippen molar-refractivity contribution in [1.82, 2.24) is 10.3 Å². The molecule has 0 aliphatic rings. The number of hydrogen-bond acceptors (Lipinski definition) is 5. The number of carbonyl (C=O) groups excluding carboxylic acids is 2. The largest absolute Gasteiger partial charge is 0.493 e. The Hall–Kier alpha value is -3.10. The third-order valence-electron chi connectivity index (χ3n) is 4.11. The van der Waals surface area contributed by atoms with Crippen molar-refractivity contribution in [3.05, 3.63) is 46.3 Å². The average Bonchev–Trinajstić information content (AvgIpc) is 2.93. The van der Waals surface area contributed by atoms with Gasteiger partial charge in [0.1, 0.15) is 5.69 Å². The summed E-state index contributed by atoms with van der Waals surface area (Å²) >= 11 is 0. The van der Waals surface area contributed by atoms with Crippen molar-refractivity contribution in [2.45, 2.75) is 47.0 Å². The number of aromatic amines is 1. The summed E-state index contributed by atoms with van der Waals surface area (Å²) < 4.78 is 39.4. The minimum atomic E-state index is -2.97. The lowest BCUT2D eigenvalue weighted by Crippen LogP contribution is -2.24. The van der Waals surface area contributed by atoms with Crippen LogP contribution in [0.25, 0.3) is 0 Å². The van der Waals surface area contributed by atoms with E-state index in [9.17, 15) is 18.4 Å². The first-order valence-corrected chi connectivity index (χ1v) is 8.94. The Labute approximate surface area is 167 Å². The lowest BCUT2D eigenvalue weighted by molar-refractivity contribution is -0.0512. The Balaban J connectivity index is 2.13. The molecule has 0 aliphatic carbocycles. The molecule has 0 bridgehead atoms. The van der Waals surface area contributed by atoms with Crippen LogP contribution in [-0.4, -0.2) is 36.7 Å². The van der Waals surface area contributed by atoms with Crippen molar-refractivity contribution in [3.63, 3.8) is 0 Å². The van der Waals surface area contributed by atoms with Gasteiger partial charge in [-0.15, -0.1) is 0 Å². The van der Waals surface area contributed by atoms with Crippen LogP contribution in [0.1, 0.15) is 51.5 Å². The molecule has 1 heterocycles. The summed E-state index contributed by atoms with van der Waals surface area (Å²) in [5, 5.41) is 2.72. The molecule has 29 heavy (non-hydrogen) atoms. The van der Waals surface area contributed by atoms with Gasteiger partial charge in [-0.1, -0.05) is 6.07 Å². The van der Waals surface area contributed by atoms with Gasteiger partial charge in [0.05, 0.1) is 18.8 Å². The lowest BCUT2D eigenvalue weighted by Gasteiger charge is -2.12. The van der Waals surface area contributed by atoms with Crippen LogP contribution in [-0.2, 0) is 11.3 Å². The third kappa shape index (κ3) is 5.46. The van der Waals surface area contributed by atoms with Crippen LogP contribution in [0.5, 0.6) is 11.5 Å². The van der Waals surface area contributed by atoms with E-state index in [1.807, 2.05) is 0 Å². The van der Waals surface area contributed by atoms with Crippen LogP contribution in [0, 0.1) is 13.8 Å². The zero-order chi connectivity index (χ0) is 21.7. The molecular weight excluding hydrogens is 386 g/mol. The van der Waals surface area contributed by atoms with Crippen molar-refractivity contribution in [3.8, 4) is 11.5 Å². The highest BCUT2D eigenvalue weighted by Gasteiger charge is 2.23. The predicted octanol–water partition coefficient (Wildman–Crippen LogP) is 3.74. The second kappa shape index (κ2) is 9.40. The summed E-state index contributed by atoms with van der Waals surface area (Å²) in [7, 11) is 1.33. The highest BCUT2D eigenvalue weighted by molar-refractivity contribution is 6.00. The van der Waals surface area contributed by atoms with Crippen molar-refractivity contribution in [2.75, 3.05) is 7.11 Å². The molecule has 2 N–H and O–H groups in total. The van der Waals surface area contributed by atoms with Crippen molar-refractivity contribution < 1.29 is 32.6 Å². The fourth-order valence-corrected chi connectivity index (χ4v) is 2.84. The molecule has 2 rings (SSSR count). The predicted molar refractivity (Wildman–Crippen MR) is 102 cm³/mol. The van der Waals surface area contributed by atoms with Crippen LogP contribution < -0.4 is 14.8 Å². The number of amides is 1. The lowest BCUT2D eigenvalue weighted by atomic mass is 10.1. The van der Waals surface area contributed by atoms with Gasteiger partial charge in [0, 0.05) is 12.2 Å². The molecule has 158 valence electrons. The molecule has 0 radical (unpaired) electrons. The molecule has 0 atom stereocenters. The quantitative estimate of drug-likeness (QED) is 0.647. The number of H-pyrrole nitrogens is 1. The molecule has 0 unspecified atom stereocenters. The number of halogens is 2. The van der Waals surface area contributed by atoms with E-state index in [0.717, 1.165) is 0 Å². The van der Waals surface area contributed by atoms with Crippen LogP contribution >= 0.6 is 0 Å². The number of aryl methyl sites for hydroxylation is 1. The summed E-state index contributed by atoms with van der Waals surface area (Å²) in [6.07, 6.45) is -0.277. The summed E-state index contributed by atoms with van der Waals surface area (Å²) in [4.78, 5) is 27.7. The van der Waals surface area contributed by atoms with Crippen molar-refractivity contribution in [1.29, 1.82) is 0 Å². The van der Waals surface area contributed by atoms with Gasteiger partial charge in [0.15, 0.2) is 11.5 Å². The van der Waals surface area contributed by atoms with Crippen LogP contribution in [0.3, 0.4) is 0 Å². The summed E-state index contributed by atoms with van der Waals surface area (Å²) in [6, 6.07) is 4.38. The number of ether oxygens (including phenoxy) is 3. The Morgan fingerprint density at radius 2 is 1.86 bits per heavy atom. The fraction of sp³-hybridized carbons (Fsp3) is 0.400. The van der Waals surface area contributed by atoms with Crippen LogP contribution in [0.15, 0.2) is 18.2 Å². The standard InChI is InChI=1S/C20H24F2N2O5/c1-10(2)28-19(26)16-11(3)17(24-12(16)4)18(25)23-9-13-6-7-14(29-20(21)22)15(8-13)27-5/h6-8,10,20,24H,9H2,1-5H3,(H,23,25). The smallest absolute Gasteiger partial charge is 0.387 e. The van der Waals surface area contributed by atoms with E-state index in [0.29, 0.717) is 22.4 Å². The highest BCUT2D eigenvalue weighted by atomic mass is 19.3. The van der Waals surface area contributed by atoms with Crippen molar-refractivity contribution in [2.24, 2.45) is 0 Å². The number of esters is 1. The van der Waals surface area contributed by atoms with Crippen LogP contribution in [0.4, 0.5) is 8.78 Å². The molecule has 0 fully saturated rings. The monoisotopic (exact) mass is 410 g/mol. The minimum Gasteiger partial charge on any atom is -0.493 e. The number of nitrogens with one attached hydrogen (secondary N) is 2. The maximum Gasteiger partial charge on any atom is 0.387 e. The molecular formula is C20H24F2N2O5. The molecule has 0 saturated heterocycles. The average molecular weight is 410 g/mol. The fourth-order valence-electron chi connectivity index (χ4n) is 2.84. The van der Waals surface area contributed by atoms with E-state index in [1.54, 1.807) is 33.8 Å². The molecule has 0 saturated carbocycles. The SMILES string of the molecule is COc1cc(CNC(=O)c2[nH]c(C)c(C(=O)OC(C)C)c2C)ccc1OC(F)F. The summed E-state index contributed by atoms with van der Waals surface area (Å²) in [5.74, 6) is -0.880. The molecule has 2 aromatic rings. The number of alkyl halides is 2. The molecule has 0 aliphatic heterocycles. The maximum atomic E-state index is 12.6. The van der Waals surface area contributed by atoms with E-state index in [-0.39, 0.29) is 29.8 Å². The van der Waals surface area contributed by atoms with E-state index < -0.39 is 18.5 Å². The van der Waals surface area contributed by atoms with E-state index in [1.165, 1.54) is 19.2 Å². The topological polar surface area (TPSA) is 89.7 Å². The van der Waals surface area contributed by atoms with Gasteiger partial charge in [-0.05, 0) is 51.0 Å². The Morgan fingerprint density at radius 3 is 2.45 bits per heavy atom. The molecule has 0 spiro atoms. The maximum absolute atomic E-state index is 12.6. The molecule has 9 heteroatoms. The van der Waals surface area contributed by atoms with E-state index >= 15 is 0 Å². The summed E-state index contributed by atoms with van der Waals surface area (Å²) in [5.41, 5.74) is 2.23. The number of benzene rings is 1. The Kier molecular flexibility index (Phi) is 7.19. The van der Waals surface area contributed by atoms with Gasteiger partial charge in [-0.25, -0.2) is 4.79 Å². The number of rotatable bonds is 8. The first-order valence-electron chi connectivity index (χ1n) is 8.94. The van der Waals surface area contributed by atoms with Gasteiger partial charge in [-0.3, -0.25) is 4.79 Å². The van der Waals surface area contributed by atoms with Gasteiger partial charge >= 0.3 is 12.6 Å². The first-order chi connectivity index (χ1) is 13.6. The second-order valence-corrected chi connectivity index (χ2v) is 6.63. The molecule has 1 amide bonds. The molecule has 1 aromatic heterocycles. The number of carbonyl (C=O) groups is 2. The zero-order valence-electron chi connectivity index (χ0n) is 16.9. The number of hydrogen-bond donors (Lipinski definition) is 2. The highest BCUT2D eigenvalue weighted by Crippen LogP contribution is 2.29. The normalized spacial score (nSPS) is 10.9. The Morgan fingerprint density at radius 1 is 1.17 bits per heavy atom. The van der Waals surface area contributed by atoms with Gasteiger partial charge < -0.3 is 24.5 Å². The van der Waals surface area contributed by atoms with E-state index in [4.69, 9.17) is 9.47 Å². The van der Waals surface area contributed by atoms with Crippen molar-refractivity contribution >= 4 is 11.9 Å².